The number of likely N-dealkylation sites (tertiary alicyclic amines) is 1. The smallest absolute Gasteiger partial charge is 0.149 e. The lowest BCUT2D eigenvalue weighted by Gasteiger charge is -2.30. The zero-order chi connectivity index (χ0) is 12.3. The summed E-state index contributed by atoms with van der Waals surface area (Å²) in [5, 5.41) is 0. The van der Waals surface area contributed by atoms with Crippen LogP contribution in [0.4, 0.5) is 0 Å². The molecule has 0 aromatic carbocycles. The first-order valence-corrected chi connectivity index (χ1v) is 7.47. The molecule has 2 heteroatoms. The number of rotatable bonds is 3. The van der Waals surface area contributed by atoms with Gasteiger partial charge in [0.25, 0.3) is 0 Å². The van der Waals surface area contributed by atoms with Gasteiger partial charge in [-0.2, -0.15) is 0 Å². The minimum absolute atomic E-state index is 0.262. The van der Waals surface area contributed by atoms with Crippen LogP contribution in [0.5, 0.6) is 0 Å². The Morgan fingerprint density at radius 3 is 2.65 bits per heavy atom. The van der Waals surface area contributed by atoms with Crippen molar-refractivity contribution in [3.05, 3.63) is 0 Å². The van der Waals surface area contributed by atoms with Crippen molar-refractivity contribution in [1.82, 2.24) is 4.90 Å². The van der Waals surface area contributed by atoms with Crippen molar-refractivity contribution in [3.8, 4) is 0 Å². The molecular formula is C15H27NO. The van der Waals surface area contributed by atoms with Crippen molar-refractivity contribution in [2.45, 2.75) is 71.3 Å². The van der Waals surface area contributed by atoms with E-state index >= 15 is 0 Å². The Kier molecular flexibility index (Phi) is 4.24. The molecule has 0 aromatic heterocycles. The molecule has 0 amide bonds. The lowest BCUT2D eigenvalue weighted by Crippen LogP contribution is -2.40. The van der Waals surface area contributed by atoms with E-state index < -0.39 is 0 Å². The minimum atomic E-state index is 0.262. The predicted molar refractivity (Wildman–Crippen MR) is 71.1 cm³/mol. The number of hydrogen-bond acceptors (Lipinski definition) is 2. The molecule has 1 aliphatic heterocycles. The fourth-order valence-electron chi connectivity index (χ4n) is 3.59. The Hall–Kier alpha value is -0.370. The normalized spacial score (nSPS) is 30.5. The lowest BCUT2D eigenvalue weighted by atomic mass is 9.82. The van der Waals surface area contributed by atoms with Crippen molar-refractivity contribution in [3.63, 3.8) is 0 Å². The third-order valence-corrected chi connectivity index (χ3v) is 5.18. The van der Waals surface area contributed by atoms with Crippen LogP contribution in [0.2, 0.25) is 0 Å². The summed E-state index contributed by atoms with van der Waals surface area (Å²) < 4.78 is 0. The predicted octanol–water partition coefficient (Wildman–Crippen LogP) is 3.40. The molecule has 2 aliphatic rings. The Bertz CT molecular complexity index is 270. The molecule has 2 fully saturated rings. The van der Waals surface area contributed by atoms with Crippen LogP contribution >= 0.6 is 0 Å². The SMILES string of the molecule is CCC1(CC)CCN(C2CCCCCC2=O)C1. The average Bonchev–Trinajstić information content (AvgIpc) is 2.67. The highest BCUT2D eigenvalue weighted by Crippen LogP contribution is 2.38. The van der Waals surface area contributed by atoms with Gasteiger partial charge in [-0.05, 0) is 44.1 Å². The van der Waals surface area contributed by atoms with E-state index in [0.717, 1.165) is 32.4 Å². The van der Waals surface area contributed by atoms with E-state index in [-0.39, 0.29) is 6.04 Å². The van der Waals surface area contributed by atoms with Crippen LogP contribution in [-0.2, 0) is 4.79 Å². The van der Waals surface area contributed by atoms with E-state index in [2.05, 4.69) is 18.7 Å². The van der Waals surface area contributed by atoms with Gasteiger partial charge in [-0.15, -0.1) is 0 Å². The Balaban J connectivity index is 2.01. The first-order valence-electron chi connectivity index (χ1n) is 7.47. The second-order valence-corrected chi connectivity index (χ2v) is 6.01. The van der Waals surface area contributed by atoms with Crippen molar-refractivity contribution in [1.29, 1.82) is 0 Å². The van der Waals surface area contributed by atoms with Crippen molar-refractivity contribution in [2.24, 2.45) is 5.41 Å². The van der Waals surface area contributed by atoms with Gasteiger partial charge in [0.1, 0.15) is 5.78 Å². The van der Waals surface area contributed by atoms with Crippen LogP contribution < -0.4 is 0 Å². The number of carbonyl (C=O) groups is 1. The Morgan fingerprint density at radius 2 is 2.00 bits per heavy atom. The first-order chi connectivity index (χ1) is 8.21. The number of hydrogen-bond donors (Lipinski definition) is 0. The van der Waals surface area contributed by atoms with Gasteiger partial charge in [0, 0.05) is 13.0 Å². The molecule has 2 rings (SSSR count). The molecule has 1 heterocycles. The van der Waals surface area contributed by atoms with Crippen molar-refractivity contribution >= 4 is 5.78 Å². The van der Waals surface area contributed by atoms with Crippen LogP contribution in [0.15, 0.2) is 0 Å². The molecule has 2 nitrogen and oxygen atoms in total. The molecule has 0 bridgehead atoms. The van der Waals surface area contributed by atoms with Crippen molar-refractivity contribution < 1.29 is 4.79 Å². The molecule has 0 spiro atoms. The van der Waals surface area contributed by atoms with Crippen LogP contribution in [-0.4, -0.2) is 29.8 Å². The number of carbonyl (C=O) groups excluding carboxylic acids is 1. The summed E-state index contributed by atoms with van der Waals surface area (Å²) >= 11 is 0. The third kappa shape index (κ3) is 2.73. The maximum atomic E-state index is 12.1. The molecule has 1 saturated carbocycles. The number of Topliss-reactive ketones (excluding diaryl/α,β-unsaturated/α-hetero) is 1. The van der Waals surface area contributed by atoms with Gasteiger partial charge in [0.05, 0.1) is 6.04 Å². The van der Waals surface area contributed by atoms with E-state index in [0.29, 0.717) is 11.2 Å². The van der Waals surface area contributed by atoms with Crippen molar-refractivity contribution in [2.75, 3.05) is 13.1 Å². The van der Waals surface area contributed by atoms with Gasteiger partial charge in [-0.25, -0.2) is 0 Å². The van der Waals surface area contributed by atoms with E-state index in [9.17, 15) is 4.79 Å². The molecule has 17 heavy (non-hydrogen) atoms. The molecule has 1 atom stereocenters. The lowest BCUT2D eigenvalue weighted by molar-refractivity contribution is -0.124. The Labute approximate surface area is 106 Å². The summed E-state index contributed by atoms with van der Waals surface area (Å²) in [6.45, 7) is 6.93. The molecule has 0 N–H and O–H groups in total. The van der Waals surface area contributed by atoms with E-state index in [1.807, 2.05) is 0 Å². The zero-order valence-corrected chi connectivity index (χ0v) is 11.5. The van der Waals surface area contributed by atoms with Crippen LogP contribution in [0.25, 0.3) is 0 Å². The van der Waals surface area contributed by atoms with Gasteiger partial charge in [-0.1, -0.05) is 26.7 Å². The summed E-state index contributed by atoms with van der Waals surface area (Å²) in [5.41, 5.74) is 0.507. The molecule has 1 unspecified atom stereocenters. The maximum Gasteiger partial charge on any atom is 0.149 e. The fourth-order valence-corrected chi connectivity index (χ4v) is 3.59. The third-order valence-electron chi connectivity index (χ3n) is 5.18. The quantitative estimate of drug-likeness (QED) is 0.701. The van der Waals surface area contributed by atoms with E-state index in [1.54, 1.807) is 0 Å². The Morgan fingerprint density at radius 1 is 1.24 bits per heavy atom. The number of ketones is 1. The standard InChI is InChI=1S/C15H27NO/c1-3-15(4-2)10-11-16(12-15)13-8-6-5-7-9-14(13)17/h13H,3-12H2,1-2H3. The highest BCUT2D eigenvalue weighted by Gasteiger charge is 2.39. The highest BCUT2D eigenvalue weighted by molar-refractivity contribution is 5.84. The van der Waals surface area contributed by atoms with Crippen LogP contribution in [0.1, 0.15) is 65.2 Å². The summed E-state index contributed by atoms with van der Waals surface area (Å²) in [6.07, 6.45) is 9.39. The topological polar surface area (TPSA) is 20.3 Å². The largest absolute Gasteiger partial charge is 0.298 e. The summed E-state index contributed by atoms with van der Waals surface area (Å²) in [5.74, 6) is 0.519. The van der Waals surface area contributed by atoms with Crippen LogP contribution in [0.3, 0.4) is 0 Å². The summed E-state index contributed by atoms with van der Waals surface area (Å²) in [4.78, 5) is 14.6. The van der Waals surface area contributed by atoms with Gasteiger partial charge >= 0.3 is 0 Å². The molecule has 0 aromatic rings. The second-order valence-electron chi connectivity index (χ2n) is 6.01. The zero-order valence-electron chi connectivity index (χ0n) is 11.5. The maximum absolute atomic E-state index is 12.1. The minimum Gasteiger partial charge on any atom is -0.298 e. The molecule has 98 valence electrons. The fraction of sp³-hybridized carbons (Fsp3) is 0.933. The monoisotopic (exact) mass is 237 g/mol. The summed E-state index contributed by atoms with van der Waals surface area (Å²) in [7, 11) is 0. The van der Waals surface area contributed by atoms with Gasteiger partial charge in [-0.3, -0.25) is 9.69 Å². The molecule has 1 saturated heterocycles. The molecule has 0 radical (unpaired) electrons. The molecule has 1 aliphatic carbocycles. The van der Waals surface area contributed by atoms with E-state index in [4.69, 9.17) is 0 Å². The van der Waals surface area contributed by atoms with Gasteiger partial charge in [0.2, 0.25) is 0 Å². The first kappa shape index (κ1) is 13.1. The number of nitrogens with zero attached hydrogens (tertiary/aromatic N) is 1. The van der Waals surface area contributed by atoms with Crippen LogP contribution in [0, 0.1) is 5.41 Å². The van der Waals surface area contributed by atoms with Gasteiger partial charge < -0.3 is 0 Å². The van der Waals surface area contributed by atoms with Gasteiger partial charge in [0.15, 0.2) is 0 Å². The summed E-state index contributed by atoms with van der Waals surface area (Å²) in [6, 6.07) is 0.262. The second kappa shape index (κ2) is 5.51. The van der Waals surface area contributed by atoms with E-state index in [1.165, 1.54) is 32.1 Å². The highest BCUT2D eigenvalue weighted by atomic mass is 16.1. The average molecular weight is 237 g/mol. The molecular weight excluding hydrogens is 210 g/mol.